The van der Waals surface area contributed by atoms with Crippen molar-refractivity contribution in [3.63, 3.8) is 0 Å². The number of amides is 1. The Bertz CT molecular complexity index is 1160. The van der Waals surface area contributed by atoms with Gasteiger partial charge in [-0.25, -0.2) is 4.98 Å². The fourth-order valence-electron chi connectivity index (χ4n) is 3.89. The summed E-state index contributed by atoms with van der Waals surface area (Å²) in [5.74, 6) is 2.07. The molecule has 5 rings (SSSR count). The van der Waals surface area contributed by atoms with E-state index in [2.05, 4.69) is 15.1 Å². The second-order valence-corrected chi connectivity index (χ2v) is 8.13. The number of likely N-dealkylation sites (tertiary alicyclic amines) is 1. The van der Waals surface area contributed by atoms with E-state index in [1.165, 1.54) is 0 Å². The topological polar surface area (TPSA) is 85.3 Å². The molecule has 158 valence electrons. The highest BCUT2D eigenvalue weighted by molar-refractivity contribution is 6.30. The van der Waals surface area contributed by atoms with Crippen molar-refractivity contribution in [2.75, 3.05) is 13.1 Å². The summed E-state index contributed by atoms with van der Waals surface area (Å²) in [6, 6.07) is 15.0. The number of aromatic nitrogens is 3. The molecule has 1 aliphatic rings. The van der Waals surface area contributed by atoms with Gasteiger partial charge in [0.1, 0.15) is 5.52 Å². The molecule has 0 bridgehead atoms. The number of piperidine rings is 1. The van der Waals surface area contributed by atoms with E-state index in [4.69, 9.17) is 20.5 Å². The number of hydrogen-bond donors (Lipinski definition) is 0. The molecule has 3 heterocycles. The second-order valence-electron chi connectivity index (χ2n) is 7.69. The first kappa shape index (κ1) is 19.8. The van der Waals surface area contributed by atoms with Gasteiger partial charge in [-0.05, 0) is 49.2 Å². The normalized spacial score (nSPS) is 14.9. The zero-order valence-electron chi connectivity index (χ0n) is 16.8. The smallest absolute Gasteiger partial charge is 0.227 e. The number of nitrogens with zero attached hydrogens (tertiary/aromatic N) is 4. The summed E-state index contributed by atoms with van der Waals surface area (Å²) < 4.78 is 11.2. The van der Waals surface area contributed by atoms with Crippen LogP contribution in [0.3, 0.4) is 0 Å². The minimum atomic E-state index is 0.0993. The number of benzene rings is 2. The maximum atomic E-state index is 12.7. The number of carbonyl (C=O) groups is 1. The van der Waals surface area contributed by atoms with Crippen LogP contribution in [0.15, 0.2) is 57.5 Å². The number of halogens is 1. The Hall–Kier alpha value is -3.19. The van der Waals surface area contributed by atoms with Gasteiger partial charge in [-0.1, -0.05) is 28.9 Å². The van der Waals surface area contributed by atoms with E-state index in [0.717, 1.165) is 35.4 Å². The fraction of sp³-hybridized carbons (Fsp3) is 0.304. The second kappa shape index (κ2) is 8.51. The van der Waals surface area contributed by atoms with Crippen LogP contribution in [-0.2, 0) is 11.2 Å². The predicted octanol–water partition coefficient (Wildman–Crippen LogP) is 4.87. The number of rotatable bonds is 5. The summed E-state index contributed by atoms with van der Waals surface area (Å²) in [5.41, 5.74) is 2.52. The lowest BCUT2D eigenvalue weighted by molar-refractivity contribution is -0.132. The first-order valence-electron chi connectivity index (χ1n) is 10.4. The lowest BCUT2D eigenvalue weighted by Gasteiger charge is -2.30. The minimum Gasteiger partial charge on any atom is -0.440 e. The molecule has 8 heteroatoms. The zero-order chi connectivity index (χ0) is 21.2. The Morgan fingerprint density at radius 2 is 1.84 bits per heavy atom. The predicted molar refractivity (Wildman–Crippen MR) is 116 cm³/mol. The molecule has 31 heavy (non-hydrogen) atoms. The van der Waals surface area contributed by atoms with Crippen LogP contribution in [-0.4, -0.2) is 39.0 Å². The molecule has 0 N–H and O–H groups in total. The van der Waals surface area contributed by atoms with Gasteiger partial charge in [0.15, 0.2) is 11.5 Å². The van der Waals surface area contributed by atoms with E-state index in [1.807, 2.05) is 41.3 Å². The first-order chi connectivity index (χ1) is 15.2. The lowest BCUT2D eigenvalue weighted by atomic mass is 9.96. The first-order valence-corrected chi connectivity index (χ1v) is 10.8. The maximum Gasteiger partial charge on any atom is 0.227 e. The van der Waals surface area contributed by atoms with Gasteiger partial charge in [-0.3, -0.25) is 4.79 Å². The number of oxazole rings is 1. The fourth-order valence-corrected chi connectivity index (χ4v) is 4.01. The van der Waals surface area contributed by atoms with Gasteiger partial charge in [0.2, 0.25) is 17.6 Å². The number of carbonyl (C=O) groups excluding carboxylic acids is 1. The van der Waals surface area contributed by atoms with Crippen LogP contribution in [0.4, 0.5) is 0 Å². The molecular weight excluding hydrogens is 416 g/mol. The maximum absolute atomic E-state index is 12.7. The van der Waals surface area contributed by atoms with Crippen molar-refractivity contribution in [2.45, 2.75) is 31.6 Å². The van der Waals surface area contributed by atoms with Gasteiger partial charge in [0, 0.05) is 42.4 Å². The van der Waals surface area contributed by atoms with Crippen LogP contribution in [0.5, 0.6) is 0 Å². The lowest BCUT2D eigenvalue weighted by Crippen LogP contribution is -2.38. The van der Waals surface area contributed by atoms with Gasteiger partial charge < -0.3 is 13.8 Å². The third-order valence-electron chi connectivity index (χ3n) is 5.63. The molecule has 7 nitrogen and oxygen atoms in total. The molecule has 1 amide bonds. The molecule has 2 aromatic carbocycles. The summed E-state index contributed by atoms with van der Waals surface area (Å²) in [5, 5.41) is 4.65. The Kier molecular flexibility index (Phi) is 5.42. The van der Waals surface area contributed by atoms with E-state index >= 15 is 0 Å². The molecule has 0 unspecified atom stereocenters. The third-order valence-corrected chi connectivity index (χ3v) is 5.88. The van der Waals surface area contributed by atoms with Crippen molar-refractivity contribution in [1.82, 2.24) is 20.0 Å². The van der Waals surface area contributed by atoms with Crippen LogP contribution in [0.2, 0.25) is 5.02 Å². The van der Waals surface area contributed by atoms with Gasteiger partial charge in [0.05, 0.1) is 0 Å². The minimum absolute atomic E-state index is 0.0993. The molecule has 2 aromatic heterocycles. The molecule has 1 fully saturated rings. The van der Waals surface area contributed by atoms with Crippen LogP contribution >= 0.6 is 11.6 Å². The molecule has 0 atom stereocenters. The third kappa shape index (κ3) is 4.32. The van der Waals surface area contributed by atoms with Gasteiger partial charge in [0.25, 0.3) is 0 Å². The highest BCUT2D eigenvalue weighted by Gasteiger charge is 2.27. The van der Waals surface area contributed by atoms with Crippen molar-refractivity contribution >= 4 is 28.6 Å². The van der Waals surface area contributed by atoms with Crippen molar-refractivity contribution in [1.29, 1.82) is 0 Å². The van der Waals surface area contributed by atoms with Crippen LogP contribution in [0.25, 0.3) is 22.5 Å². The zero-order valence-corrected chi connectivity index (χ0v) is 17.6. The summed E-state index contributed by atoms with van der Waals surface area (Å²) in [7, 11) is 0. The Morgan fingerprint density at radius 1 is 1.06 bits per heavy atom. The SMILES string of the molecule is O=C(CCc1nc(-c2ccc(Cl)cc2)no1)N1CCC(c2nc3ccccc3o2)CC1. The quantitative estimate of drug-likeness (QED) is 0.443. The largest absolute Gasteiger partial charge is 0.440 e. The molecule has 1 aliphatic heterocycles. The van der Waals surface area contributed by atoms with E-state index in [-0.39, 0.29) is 11.8 Å². The average molecular weight is 437 g/mol. The summed E-state index contributed by atoms with van der Waals surface area (Å²) in [6.45, 7) is 1.39. The summed E-state index contributed by atoms with van der Waals surface area (Å²) in [6.07, 6.45) is 2.46. The number of aryl methyl sites for hydroxylation is 1. The van der Waals surface area contributed by atoms with Crippen LogP contribution in [0.1, 0.15) is 37.0 Å². The Balaban J connectivity index is 1.14. The van der Waals surface area contributed by atoms with Crippen molar-refractivity contribution < 1.29 is 13.7 Å². The molecule has 1 saturated heterocycles. The van der Waals surface area contributed by atoms with Crippen molar-refractivity contribution in [3.8, 4) is 11.4 Å². The van der Waals surface area contributed by atoms with Crippen LogP contribution in [0, 0.1) is 0 Å². The summed E-state index contributed by atoms with van der Waals surface area (Å²) in [4.78, 5) is 23.5. The monoisotopic (exact) mass is 436 g/mol. The molecule has 0 spiro atoms. The molecule has 0 radical (unpaired) electrons. The van der Waals surface area contributed by atoms with E-state index in [0.29, 0.717) is 42.7 Å². The molecular formula is C23H21ClN4O3. The highest BCUT2D eigenvalue weighted by Crippen LogP contribution is 2.30. The molecule has 0 saturated carbocycles. The number of fused-ring (bicyclic) bond motifs is 1. The van der Waals surface area contributed by atoms with E-state index in [1.54, 1.807) is 12.1 Å². The van der Waals surface area contributed by atoms with Gasteiger partial charge in [-0.15, -0.1) is 0 Å². The van der Waals surface area contributed by atoms with Crippen LogP contribution < -0.4 is 0 Å². The summed E-state index contributed by atoms with van der Waals surface area (Å²) >= 11 is 5.91. The highest BCUT2D eigenvalue weighted by atomic mass is 35.5. The number of para-hydroxylation sites is 2. The van der Waals surface area contributed by atoms with E-state index < -0.39 is 0 Å². The standard InChI is InChI=1S/C23H21ClN4O3/c24-17-7-5-15(6-8-17)22-26-20(31-27-22)9-10-21(29)28-13-11-16(12-14-28)23-25-18-3-1-2-4-19(18)30-23/h1-8,16H,9-14H2. The van der Waals surface area contributed by atoms with Gasteiger partial charge in [-0.2, -0.15) is 4.98 Å². The molecule has 4 aromatic rings. The average Bonchev–Trinajstić information content (AvgIpc) is 3.45. The number of hydrogen-bond acceptors (Lipinski definition) is 6. The van der Waals surface area contributed by atoms with Crippen molar-refractivity contribution in [3.05, 3.63) is 65.3 Å². The van der Waals surface area contributed by atoms with Crippen molar-refractivity contribution in [2.24, 2.45) is 0 Å². The molecule has 0 aliphatic carbocycles. The Morgan fingerprint density at radius 3 is 2.61 bits per heavy atom. The Labute approximate surface area is 184 Å². The van der Waals surface area contributed by atoms with Gasteiger partial charge >= 0.3 is 0 Å². The van der Waals surface area contributed by atoms with E-state index in [9.17, 15) is 4.79 Å².